The summed E-state index contributed by atoms with van der Waals surface area (Å²) < 4.78 is 5.28. The minimum absolute atomic E-state index is 0.0184. The standard InChI is InChI=1S/C26H23NO4/c1-17-6-11-21(12-7-17)27-15-23-20(4-3-5-22(23)26(27)30)10-8-19-9-13-24(18(2)14-19)31-16-25(28)29/h3-14H,15-16H2,1-2H3,(H,28,29)/b10-8+. The summed E-state index contributed by atoms with van der Waals surface area (Å²) in [5, 5.41) is 8.77. The molecule has 4 rings (SSSR count). The molecule has 1 amide bonds. The minimum atomic E-state index is -1.00. The second-order valence-corrected chi connectivity index (χ2v) is 7.64. The Morgan fingerprint density at radius 1 is 1.06 bits per heavy atom. The maximum atomic E-state index is 12.9. The quantitative estimate of drug-likeness (QED) is 0.571. The number of aliphatic carboxylic acids is 1. The van der Waals surface area contributed by atoms with Crippen LogP contribution in [0.15, 0.2) is 60.7 Å². The number of hydrogen-bond donors (Lipinski definition) is 1. The fraction of sp³-hybridized carbons (Fsp3) is 0.154. The molecule has 0 fully saturated rings. The Balaban J connectivity index is 1.56. The number of amides is 1. The number of carboxylic acids is 1. The van der Waals surface area contributed by atoms with Crippen molar-refractivity contribution in [2.24, 2.45) is 0 Å². The van der Waals surface area contributed by atoms with E-state index in [1.165, 1.54) is 0 Å². The lowest BCUT2D eigenvalue weighted by Crippen LogP contribution is -2.22. The van der Waals surface area contributed by atoms with Crippen molar-refractivity contribution in [2.45, 2.75) is 20.4 Å². The van der Waals surface area contributed by atoms with Crippen molar-refractivity contribution < 1.29 is 19.4 Å². The molecular weight excluding hydrogens is 390 g/mol. The molecule has 3 aromatic carbocycles. The number of benzene rings is 3. The zero-order valence-corrected chi connectivity index (χ0v) is 17.5. The van der Waals surface area contributed by atoms with Gasteiger partial charge in [0.2, 0.25) is 0 Å². The number of nitrogens with zero attached hydrogens (tertiary/aromatic N) is 1. The Hall–Kier alpha value is -3.86. The Kier molecular flexibility index (Phi) is 5.58. The molecule has 0 aromatic heterocycles. The van der Waals surface area contributed by atoms with E-state index in [1.54, 1.807) is 11.0 Å². The van der Waals surface area contributed by atoms with Crippen LogP contribution in [0.1, 0.15) is 38.2 Å². The van der Waals surface area contributed by atoms with Crippen molar-refractivity contribution >= 4 is 29.7 Å². The van der Waals surface area contributed by atoms with Crippen LogP contribution in [0.25, 0.3) is 12.2 Å². The van der Waals surface area contributed by atoms with Gasteiger partial charge in [-0.25, -0.2) is 4.79 Å². The van der Waals surface area contributed by atoms with E-state index in [4.69, 9.17) is 9.84 Å². The van der Waals surface area contributed by atoms with Crippen LogP contribution in [0.3, 0.4) is 0 Å². The number of ether oxygens (including phenoxy) is 1. The first kappa shape index (κ1) is 20.4. The minimum Gasteiger partial charge on any atom is -0.482 e. The second kappa shape index (κ2) is 8.48. The molecule has 0 saturated carbocycles. The van der Waals surface area contributed by atoms with Crippen molar-refractivity contribution in [3.05, 3.63) is 94.0 Å². The van der Waals surface area contributed by atoms with E-state index in [-0.39, 0.29) is 12.5 Å². The van der Waals surface area contributed by atoms with Gasteiger partial charge in [-0.15, -0.1) is 0 Å². The summed E-state index contributed by atoms with van der Waals surface area (Å²) in [6, 6.07) is 19.4. The molecule has 3 aromatic rings. The Bertz CT molecular complexity index is 1180. The topological polar surface area (TPSA) is 66.8 Å². The third kappa shape index (κ3) is 4.36. The summed E-state index contributed by atoms with van der Waals surface area (Å²) >= 11 is 0. The highest BCUT2D eigenvalue weighted by atomic mass is 16.5. The molecule has 0 unspecified atom stereocenters. The van der Waals surface area contributed by atoms with Gasteiger partial charge in [-0.1, -0.05) is 48.0 Å². The lowest BCUT2D eigenvalue weighted by molar-refractivity contribution is -0.139. The van der Waals surface area contributed by atoms with E-state index < -0.39 is 5.97 Å². The van der Waals surface area contributed by atoms with Gasteiger partial charge in [0.1, 0.15) is 5.75 Å². The van der Waals surface area contributed by atoms with Gasteiger partial charge in [-0.3, -0.25) is 4.79 Å². The third-order valence-electron chi connectivity index (χ3n) is 5.36. The summed E-state index contributed by atoms with van der Waals surface area (Å²) in [6.07, 6.45) is 4.00. The van der Waals surface area contributed by atoms with E-state index in [1.807, 2.05) is 80.6 Å². The van der Waals surface area contributed by atoms with Crippen LogP contribution in [-0.4, -0.2) is 23.6 Å². The predicted octanol–water partition coefficient (Wildman–Crippen LogP) is 5.10. The van der Waals surface area contributed by atoms with Crippen molar-refractivity contribution in [3.63, 3.8) is 0 Å². The first-order valence-electron chi connectivity index (χ1n) is 10.1. The molecule has 0 atom stereocenters. The molecule has 5 nitrogen and oxygen atoms in total. The number of carboxylic acid groups (broad SMARTS) is 1. The van der Waals surface area contributed by atoms with Gasteiger partial charge in [0, 0.05) is 11.3 Å². The summed E-state index contributed by atoms with van der Waals surface area (Å²) in [5.74, 6) is -0.431. The van der Waals surface area contributed by atoms with Gasteiger partial charge in [-0.2, -0.15) is 0 Å². The molecule has 1 heterocycles. The van der Waals surface area contributed by atoms with Crippen LogP contribution in [0.2, 0.25) is 0 Å². The van der Waals surface area contributed by atoms with E-state index in [0.29, 0.717) is 12.3 Å². The van der Waals surface area contributed by atoms with Crippen LogP contribution in [-0.2, 0) is 11.3 Å². The van der Waals surface area contributed by atoms with E-state index in [9.17, 15) is 9.59 Å². The average Bonchev–Trinajstić information content (AvgIpc) is 3.09. The zero-order valence-electron chi connectivity index (χ0n) is 17.5. The van der Waals surface area contributed by atoms with Gasteiger partial charge >= 0.3 is 5.97 Å². The maximum Gasteiger partial charge on any atom is 0.341 e. The van der Waals surface area contributed by atoms with Crippen molar-refractivity contribution in [1.29, 1.82) is 0 Å². The van der Waals surface area contributed by atoms with Gasteiger partial charge in [-0.05, 0) is 66.4 Å². The highest BCUT2D eigenvalue weighted by Gasteiger charge is 2.29. The molecule has 156 valence electrons. The van der Waals surface area contributed by atoms with E-state index in [2.05, 4.69) is 0 Å². The molecule has 1 aliphatic rings. The van der Waals surface area contributed by atoms with Gasteiger partial charge in [0.05, 0.1) is 6.54 Å². The summed E-state index contributed by atoms with van der Waals surface area (Å²) in [5.41, 5.74) is 6.64. The van der Waals surface area contributed by atoms with Gasteiger partial charge in [0.15, 0.2) is 6.61 Å². The molecule has 1 aliphatic heterocycles. The Labute approximate surface area is 181 Å². The molecule has 0 spiro atoms. The number of hydrogen-bond acceptors (Lipinski definition) is 3. The molecule has 31 heavy (non-hydrogen) atoms. The highest BCUT2D eigenvalue weighted by molar-refractivity contribution is 6.10. The number of anilines is 1. The van der Waals surface area contributed by atoms with Crippen LogP contribution >= 0.6 is 0 Å². The number of carbonyl (C=O) groups is 2. The zero-order chi connectivity index (χ0) is 22.0. The summed E-state index contributed by atoms with van der Waals surface area (Å²) in [6.45, 7) is 4.09. The molecule has 0 aliphatic carbocycles. The normalized spacial score (nSPS) is 13.0. The molecular formula is C26H23NO4. The SMILES string of the molecule is Cc1ccc(N2Cc3c(/C=C/c4ccc(OCC(=O)O)c(C)c4)cccc3C2=O)cc1. The van der Waals surface area contributed by atoms with Crippen LogP contribution < -0.4 is 9.64 Å². The molecule has 1 N–H and O–H groups in total. The lowest BCUT2D eigenvalue weighted by atomic mass is 10.0. The van der Waals surface area contributed by atoms with Crippen LogP contribution in [0.5, 0.6) is 5.75 Å². The first-order chi connectivity index (χ1) is 14.9. The van der Waals surface area contributed by atoms with Gasteiger partial charge in [0.25, 0.3) is 5.91 Å². The molecule has 0 saturated heterocycles. The highest BCUT2D eigenvalue weighted by Crippen LogP contribution is 2.31. The summed E-state index contributed by atoms with van der Waals surface area (Å²) in [4.78, 5) is 25.4. The monoisotopic (exact) mass is 413 g/mol. The Morgan fingerprint density at radius 3 is 2.55 bits per heavy atom. The second-order valence-electron chi connectivity index (χ2n) is 7.64. The molecule has 5 heteroatoms. The smallest absolute Gasteiger partial charge is 0.341 e. The fourth-order valence-corrected chi connectivity index (χ4v) is 3.71. The van der Waals surface area contributed by atoms with Crippen molar-refractivity contribution in [1.82, 2.24) is 0 Å². The largest absolute Gasteiger partial charge is 0.482 e. The molecule has 0 bridgehead atoms. The third-order valence-corrected chi connectivity index (χ3v) is 5.36. The molecule has 0 radical (unpaired) electrons. The number of fused-ring (bicyclic) bond motifs is 1. The number of carbonyl (C=O) groups excluding carboxylic acids is 1. The van der Waals surface area contributed by atoms with E-state index >= 15 is 0 Å². The Morgan fingerprint density at radius 2 is 1.84 bits per heavy atom. The number of aryl methyl sites for hydroxylation is 2. The number of rotatable bonds is 6. The average molecular weight is 413 g/mol. The summed E-state index contributed by atoms with van der Waals surface area (Å²) in [7, 11) is 0. The first-order valence-corrected chi connectivity index (χ1v) is 10.1. The van der Waals surface area contributed by atoms with Crippen LogP contribution in [0.4, 0.5) is 5.69 Å². The predicted molar refractivity (Wildman–Crippen MR) is 121 cm³/mol. The van der Waals surface area contributed by atoms with Crippen LogP contribution in [0, 0.1) is 13.8 Å². The van der Waals surface area contributed by atoms with Gasteiger partial charge < -0.3 is 14.7 Å². The van der Waals surface area contributed by atoms with Crippen molar-refractivity contribution in [3.8, 4) is 5.75 Å². The van der Waals surface area contributed by atoms with Crippen molar-refractivity contribution in [2.75, 3.05) is 11.5 Å². The fourth-order valence-electron chi connectivity index (χ4n) is 3.71. The van der Waals surface area contributed by atoms with E-state index in [0.717, 1.165) is 39.1 Å². The maximum absolute atomic E-state index is 12.9. The lowest BCUT2D eigenvalue weighted by Gasteiger charge is -2.16.